The van der Waals surface area contributed by atoms with Gasteiger partial charge >= 0.3 is 0 Å². The predicted molar refractivity (Wildman–Crippen MR) is 41.9 cm³/mol. The summed E-state index contributed by atoms with van der Waals surface area (Å²) in [5.74, 6) is 0. The quantitative estimate of drug-likeness (QED) is 0.600. The fourth-order valence-corrected chi connectivity index (χ4v) is 1.27. The van der Waals surface area contributed by atoms with Gasteiger partial charge in [0.1, 0.15) is 0 Å². The SMILES string of the molecule is Cc1ncc2c(c1N)COC2. The Morgan fingerprint density at radius 2 is 2.36 bits per heavy atom. The van der Waals surface area contributed by atoms with E-state index in [2.05, 4.69) is 4.98 Å². The summed E-state index contributed by atoms with van der Waals surface area (Å²) < 4.78 is 5.23. The lowest BCUT2D eigenvalue weighted by atomic mass is 10.1. The van der Waals surface area contributed by atoms with Crippen LogP contribution in [0, 0.1) is 6.92 Å². The van der Waals surface area contributed by atoms with Crippen molar-refractivity contribution in [3.63, 3.8) is 0 Å². The number of aromatic nitrogens is 1. The van der Waals surface area contributed by atoms with E-state index in [0.717, 1.165) is 22.5 Å². The van der Waals surface area contributed by atoms with Crippen LogP contribution in [0.15, 0.2) is 6.20 Å². The van der Waals surface area contributed by atoms with E-state index >= 15 is 0 Å². The molecule has 3 heteroatoms. The summed E-state index contributed by atoms with van der Waals surface area (Å²) in [6, 6.07) is 0. The van der Waals surface area contributed by atoms with Gasteiger partial charge in [-0.1, -0.05) is 0 Å². The summed E-state index contributed by atoms with van der Waals surface area (Å²) in [7, 11) is 0. The first-order chi connectivity index (χ1) is 5.29. The highest BCUT2D eigenvalue weighted by Crippen LogP contribution is 2.25. The number of pyridine rings is 1. The largest absolute Gasteiger partial charge is 0.397 e. The Morgan fingerprint density at radius 3 is 3.18 bits per heavy atom. The van der Waals surface area contributed by atoms with Gasteiger partial charge in [-0.2, -0.15) is 0 Å². The van der Waals surface area contributed by atoms with Gasteiger partial charge in [0.15, 0.2) is 0 Å². The van der Waals surface area contributed by atoms with Crippen molar-refractivity contribution < 1.29 is 4.74 Å². The van der Waals surface area contributed by atoms with Gasteiger partial charge in [0, 0.05) is 17.3 Å². The van der Waals surface area contributed by atoms with Gasteiger partial charge < -0.3 is 10.5 Å². The van der Waals surface area contributed by atoms with Gasteiger partial charge in [-0.25, -0.2) is 0 Å². The van der Waals surface area contributed by atoms with E-state index in [1.54, 1.807) is 0 Å². The van der Waals surface area contributed by atoms with Crippen molar-refractivity contribution in [2.45, 2.75) is 20.1 Å². The second-order valence-electron chi connectivity index (χ2n) is 2.75. The molecule has 0 saturated heterocycles. The molecule has 2 heterocycles. The second-order valence-corrected chi connectivity index (χ2v) is 2.75. The summed E-state index contributed by atoms with van der Waals surface area (Å²) in [5.41, 5.74) is 9.74. The number of rotatable bonds is 0. The molecule has 0 aliphatic carbocycles. The smallest absolute Gasteiger partial charge is 0.0746 e. The van der Waals surface area contributed by atoms with Crippen molar-refractivity contribution in [2.75, 3.05) is 5.73 Å². The van der Waals surface area contributed by atoms with Crippen LogP contribution in [0.2, 0.25) is 0 Å². The van der Waals surface area contributed by atoms with Gasteiger partial charge in [0.25, 0.3) is 0 Å². The van der Waals surface area contributed by atoms with E-state index in [1.165, 1.54) is 0 Å². The van der Waals surface area contributed by atoms with Crippen LogP contribution in [0.5, 0.6) is 0 Å². The van der Waals surface area contributed by atoms with E-state index in [4.69, 9.17) is 10.5 Å². The molecule has 58 valence electrons. The maximum Gasteiger partial charge on any atom is 0.0746 e. The van der Waals surface area contributed by atoms with E-state index in [0.29, 0.717) is 13.2 Å². The fourth-order valence-electron chi connectivity index (χ4n) is 1.27. The van der Waals surface area contributed by atoms with Gasteiger partial charge in [0.05, 0.1) is 24.6 Å². The molecule has 0 unspecified atom stereocenters. The summed E-state index contributed by atoms with van der Waals surface area (Å²) in [5, 5.41) is 0. The number of fused-ring (bicyclic) bond motifs is 1. The van der Waals surface area contributed by atoms with Crippen LogP contribution in [0.25, 0.3) is 0 Å². The molecule has 0 radical (unpaired) electrons. The van der Waals surface area contributed by atoms with Crippen LogP contribution in [0.3, 0.4) is 0 Å². The van der Waals surface area contributed by atoms with Crippen molar-refractivity contribution in [2.24, 2.45) is 0 Å². The van der Waals surface area contributed by atoms with Crippen LogP contribution in [0.4, 0.5) is 5.69 Å². The highest BCUT2D eigenvalue weighted by Gasteiger charge is 2.15. The van der Waals surface area contributed by atoms with Crippen LogP contribution in [-0.4, -0.2) is 4.98 Å². The molecule has 2 rings (SSSR count). The summed E-state index contributed by atoms with van der Waals surface area (Å²) in [6.45, 7) is 3.21. The van der Waals surface area contributed by atoms with Crippen molar-refractivity contribution in [1.82, 2.24) is 4.98 Å². The first kappa shape index (κ1) is 6.61. The zero-order chi connectivity index (χ0) is 7.84. The van der Waals surface area contributed by atoms with E-state index < -0.39 is 0 Å². The Balaban J connectivity index is 2.62. The monoisotopic (exact) mass is 150 g/mol. The standard InChI is InChI=1S/C8H10N2O/c1-5-8(9)7-4-11-3-6(7)2-10-5/h2H,3-4,9H2,1H3. The van der Waals surface area contributed by atoms with E-state index in [9.17, 15) is 0 Å². The molecular formula is C8H10N2O. The maximum atomic E-state index is 5.79. The van der Waals surface area contributed by atoms with Gasteiger partial charge in [-0.15, -0.1) is 0 Å². The Bertz CT molecular complexity index is 296. The number of nitrogens with zero attached hydrogens (tertiary/aromatic N) is 1. The third-order valence-electron chi connectivity index (χ3n) is 2.02. The van der Waals surface area contributed by atoms with Crippen molar-refractivity contribution in [1.29, 1.82) is 0 Å². The Morgan fingerprint density at radius 1 is 1.55 bits per heavy atom. The zero-order valence-corrected chi connectivity index (χ0v) is 6.42. The Hall–Kier alpha value is -1.09. The molecule has 1 aliphatic heterocycles. The second kappa shape index (κ2) is 2.20. The van der Waals surface area contributed by atoms with Crippen molar-refractivity contribution in [3.05, 3.63) is 23.0 Å². The molecule has 0 bridgehead atoms. The lowest BCUT2D eigenvalue weighted by Gasteiger charge is -2.03. The van der Waals surface area contributed by atoms with E-state index in [-0.39, 0.29) is 0 Å². The highest BCUT2D eigenvalue weighted by atomic mass is 16.5. The zero-order valence-electron chi connectivity index (χ0n) is 6.42. The van der Waals surface area contributed by atoms with Gasteiger partial charge in [-0.05, 0) is 6.92 Å². The Labute approximate surface area is 65.2 Å². The molecule has 11 heavy (non-hydrogen) atoms. The maximum absolute atomic E-state index is 5.79. The molecule has 0 amide bonds. The third-order valence-corrected chi connectivity index (χ3v) is 2.02. The van der Waals surface area contributed by atoms with Crippen molar-refractivity contribution >= 4 is 5.69 Å². The highest BCUT2D eigenvalue weighted by molar-refractivity contribution is 5.53. The number of hydrogen-bond acceptors (Lipinski definition) is 3. The molecular weight excluding hydrogens is 140 g/mol. The van der Waals surface area contributed by atoms with E-state index in [1.807, 2.05) is 13.1 Å². The number of ether oxygens (including phenoxy) is 1. The molecule has 1 aromatic rings. The van der Waals surface area contributed by atoms with Gasteiger partial charge in [-0.3, -0.25) is 4.98 Å². The van der Waals surface area contributed by atoms with Crippen LogP contribution < -0.4 is 5.73 Å². The first-order valence-electron chi connectivity index (χ1n) is 3.59. The lowest BCUT2D eigenvalue weighted by Crippen LogP contribution is -1.98. The molecule has 1 aromatic heterocycles. The molecule has 0 saturated carbocycles. The molecule has 1 aliphatic rings. The molecule has 2 N–H and O–H groups in total. The summed E-state index contributed by atoms with van der Waals surface area (Å²) >= 11 is 0. The number of nitrogen functional groups attached to an aromatic ring is 1. The van der Waals surface area contributed by atoms with Crippen LogP contribution >= 0.6 is 0 Å². The third kappa shape index (κ3) is 0.886. The average molecular weight is 150 g/mol. The number of anilines is 1. The minimum absolute atomic E-state index is 0.643. The summed E-state index contributed by atoms with van der Waals surface area (Å²) in [6.07, 6.45) is 1.84. The normalized spacial score (nSPS) is 15.0. The van der Waals surface area contributed by atoms with Crippen molar-refractivity contribution in [3.8, 4) is 0 Å². The molecule has 0 aromatic carbocycles. The predicted octanol–water partition coefficient (Wildman–Crippen LogP) is 1.00. The number of aryl methyl sites for hydroxylation is 1. The van der Waals surface area contributed by atoms with Crippen LogP contribution in [0.1, 0.15) is 16.8 Å². The molecule has 0 spiro atoms. The number of hydrogen-bond donors (Lipinski definition) is 1. The molecule has 0 fully saturated rings. The summed E-state index contributed by atoms with van der Waals surface area (Å²) in [4.78, 5) is 4.15. The minimum Gasteiger partial charge on any atom is -0.397 e. The minimum atomic E-state index is 0.643. The van der Waals surface area contributed by atoms with Gasteiger partial charge in [0.2, 0.25) is 0 Å². The number of nitrogens with two attached hydrogens (primary N) is 1. The first-order valence-corrected chi connectivity index (χ1v) is 3.59. The lowest BCUT2D eigenvalue weighted by molar-refractivity contribution is 0.134. The topological polar surface area (TPSA) is 48.1 Å². The van der Waals surface area contributed by atoms with Crippen LogP contribution in [-0.2, 0) is 18.0 Å². The average Bonchev–Trinajstić information content (AvgIpc) is 2.45. The molecule has 0 atom stereocenters. The fraction of sp³-hybridized carbons (Fsp3) is 0.375. The molecule has 3 nitrogen and oxygen atoms in total. The Kier molecular flexibility index (Phi) is 1.32.